The lowest BCUT2D eigenvalue weighted by atomic mass is 10.2. The van der Waals surface area contributed by atoms with Crippen molar-refractivity contribution in [1.82, 2.24) is 10.6 Å². The molecule has 0 bridgehead atoms. The zero-order chi connectivity index (χ0) is 18.8. The number of methoxy groups -OCH3 is 2. The molecule has 2 N–H and O–H groups in total. The molecule has 0 aromatic heterocycles. The lowest BCUT2D eigenvalue weighted by Crippen LogP contribution is -2.43. The monoisotopic (exact) mass is 350 g/mol. The zero-order valence-electron chi connectivity index (χ0n) is 14.6. The summed E-state index contributed by atoms with van der Waals surface area (Å²) in [6.07, 6.45) is 2.68. The molecule has 0 heterocycles. The Kier molecular flexibility index (Phi) is 7.98. The fourth-order valence-corrected chi connectivity index (χ4v) is 1.77. The van der Waals surface area contributed by atoms with E-state index < -0.39 is 24.5 Å². The van der Waals surface area contributed by atoms with E-state index in [9.17, 15) is 14.4 Å². The molecule has 8 heteroatoms. The van der Waals surface area contributed by atoms with Crippen LogP contribution in [0.1, 0.15) is 19.4 Å². The van der Waals surface area contributed by atoms with Crippen molar-refractivity contribution in [3.05, 3.63) is 29.8 Å². The van der Waals surface area contributed by atoms with Crippen LogP contribution in [-0.2, 0) is 14.3 Å². The van der Waals surface area contributed by atoms with Crippen molar-refractivity contribution in [3.8, 4) is 11.5 Å². The van der Waals surface area contributed by atoms with Gasteiger partial charge >= 0.3 is 12.0 Å². The molecule has 0 fully saturated rings. The van der Waals surface area contributed by atoms with E-state index >= 15 is 0 Å². The SMILES string of the molecule is COc1ccc(/C=C/C(=O)OCC(=O)NC(=O)NC(C)C)cc1OC. The van der Waals surface area contributed by atoms with Crippen LogP contribution in [0.15, 0.2) is 24.3 Å². The molecule has 25 heavy (non-hydrogen) atoms. The topological polar surface area (TPSA) is 103 Å². The number of esters is 1. The summed E-state index contributed by atoms with van der Waals surface area (Å²) in [4.78, 5) is 34.4. The highest BCUT2D eigenvalue weighted by molar-refractivity contribution is 5.96. The molecule has 8 nitrogen and oxygen atoms in total. The number of urea groups is 1. The highest BCUT2D eigenvalue weighted by Crippen LogP contribution is 2.27. The fourth-order valence-electron chi connectivity index (χ4n) is 1.77. The maximum Gasteiger partial charge on any atom is 0.331 e. The summed E-state index contributed by atoms with van der Waals surface area (Å²) < 4.78 is 15.0. The highest BCUT2D eigenvalue weighted by atomic mass is 16.5. The van der Waals surface area contributed by atoms with E-state index in [1.807, 2.05) is 5.32 Å². The minimum Gasteiger partial charge on any atom is -0.493 e. The largest absolute Gasteiger partial charge is 0.493 e. The average molecular weight is 350 g/mol. The Bertz CT molecular complexity index is 655. The van der Waals surface area contributed by atoms with Gasteiger partial charge in [-0.2, -0.15) is 0 Å². The van der Waals surface area contributed by atoms with Crippen molar-refractivity contribution in [1.29, 1.82) is 0 Å². The van der Waals surface area contributed by atoms with Crippen LogP contribution in [-0.4, -0.2) is 44.8 Å². The number of amides is 3. The van der Waals surface area contributed by atoms with Crippen LogP contribution < -0.4 is 20.1 Å². The van der Waals surface area contributed by atoms with Gasteiger partial charge in [-0.05, 0) is 37.6 Å². The van der Waals surface area contributed by atoms with Crippen LogP contribution in [0, 0.1) is 0 Å². The van der Waals surface area contributed by atoms with Crippen molar-refractivity contribution in [3.63, 3.8) is 0 Å². The van der Waals surface area contributed by atoms with Gasteiger partial charge in [0.15, 0.2) is 18.1 Å². The minimum atomic E-state index is -0.717. The van der Waals surface area contributed by atoms with Crippen molar-refractivity contribution >= 4 is 24.0 Å². The maximum atomic E-state index is 11.6. The van der Waals surface area contributed by atoms with Crippen molar-refractivity contribution < 1.29 is 28.6 Å². The number of imide groups is 1. The van der Waals surface area contributed by atoms with Crippen LogP contribution >= 0.6 is 0 Å². The Balaban J connectivity index is 2.50. The Hall–Kier alpha value is -3.03. The summed E-state index contributed by atoms with van der Waals surface area (Å²) in [5, 5.41) is 4.53. The predicted molar refractivity (Wildman–Crippen MR) is 91.3 cm³/mol. The van der Waals surface area contributed by atoms with E-state index in [1.165, 1.54) is 26.4 Å². The molecule has 136 valence electrons. The molecule has 0 aliphatic heterocycles. The number of hydrogen-bond acceptors (Lipinski definition) is 6. The van der Waals surface area contributed by atoms with Gasteiger partial charge in [-0.1, -0.05) is 6.07 Å². The van der Waals surface area contributed by atoms with Crippen LogP contribution in [0.3, 0.4) is 0 Å². The third-order valence-corrected chi connectivity index (χ3v) is 2.84. The summed E-state index contributed by atoms with van der Waals surface area (Å²) in [5.41, 5.74) is 0.690. The lowest BCUT2D eigenvalue weighted by Gasteiger charge is -2.09. The van der Waals surface area contributed by atoms with Crippen molar-refractivity contribution in [2.24, 2.45) is 0 Å². The van der Waals surface area contributed by atoms with Crippen LogP contribution in [0.5, 0.6) is 11.5 Å². The van der Waals surface area contributed by atoms with Crippen LogP contribution in [0.2, 0.25) is 0 Å². The fraction of sp³-hybridized carbons (Fsp3) is 0.353. The molecule has 3 amide bonds. The Morgan fingerprint density at radius 1 is 1.12 bits per heavy atom. The highest BCUT2D eigenvalue weighted by Gasteiger charge is 2.10. The van der Waals surface area contributed by atoms with Gasteiger partial charge in [0.1, 0.15) is 0 Å². The van der Waals surface area contributed by atoms with Crippen molar-refractivity contribution in [2.75, 3.05) is 20.8 Å². The average Bonchev–Trinajstić information content (AvgIpc) is 2.56. The standard InChI is InChI=1S/C17H22N2O6/c1-11(2)18-17(22)19-15(20)10-25-16(21)8-6-12-5-7-13(23-3)14(9-12)24-4/h5-9,11H,10H2,1-4H3,(H2,18,19,20,22)/b8-6+. The van der Waals surface area contributed by atoms with E-state index in [0.29, 0.717) is 17.1 Å². The molecule has 0 spiro atoms. The first kappa shape index (κ1) is 20.0. The Morgan fingerprint density at radius 2 is 1.80 bits per heavy atom. The Labute approximate surface area is 146 Å². The molecular formula is C17H22N2O6. The second-order valence-electron chi connectivity index (χ2n) is 5.23. The molecule has 1 aromatic rings. The third-order valence-electron chi connectivity index (χ3n) is 2.84. The minimum absolute atomic E-state index is 0.111. The van der Waals surface area contributed by atoms with Gasteiger partial charge in [0.2, 0.25) is 0 Å². The van der Waals surface area contributed by atoms with E-state index in [4.69, 9.17) is 14.2 Å². The first-order valence-electron chi connectivity index (χ1n) is 7.53. The van der Waals surface area contributed by atoms with Gasteiger partial charge in [0.25, 0.3) is 5.91 Å². The van der Waals surface area contributed by atoms with E-state index in [-0.39, 0.29) is 6.04 Å². The third kappa shape index (κ3) is 7.38. The second-order valence-corrected chi connectivity index (χ2v) is 5.23. The molecule has 0 saturated carbocycles. The van der Waals surface area contributed by atoms with Gasteiger partial charge in [0, 0.05) is 12.1 Å². The molecule has 0 saturated heterocycles. The molecule has 0 unspecified atom stereocenters. The Morgan fingerprint density at radius 3 is 2.40 bits per heavy atom. The first-order chi connectivity index (χ1) is 11.8. The molecule has 1 rings (SSSR count). The quantitative estimate of drug-likeness (QED) is 0.570. The molecule has 0 aliphatic rings. The molecular weight excluding hydrogens is 328 g/mol. The second kappa shape index (κ2) is 9.96. The summed E-state index contributed by atoms with van der Waals surface area (Å²) in [7, 11) is 3.03. The first-order valence-corrected chi connectivity index (χ1v) is 7.53. The van der Waals surface area contributed by atoms with Crippen LogP contribution in [0.25, 0.3) is 6.08 Å². The van der Waals surface area contributed by atoms with E-state index in [0.717, 1.165) is 0 Å². The molecule has 0 radical (unpaired) electrons. The molecule has 0 aliphatic carbocycles. The normalized spacial score (nSPS) is 10.4. The zero-order valence-corrected chi connectivity index (χ0v) is 14.6. The lowest BCUT2D eigenvalue weighted by molar-refractivity contribution is -0.143. The summed E-state index contributed by atoms with van der Waals surface area (Å²) >= 11 is 0. The number of benzene rings is 1. The number of carbonyl (C=O) groups is 3. The van der Waals surface area contributed by atoms with Gasteiger partial charge in [-0.15, -0.1) is 0 Å². The van der Waals surface area contributed by atoms with Crippen LogP contribution in [0.4, 0.5) is 4.79 Å². The number of carbonyl (C=O) groups excluding carboxylic acids is 3. The van der Waals surface area contributed by atoms with Gasteiger partial charge in [-0.3, -0.25) is 10.1 Å². The van der Waals surface area contributed by atoms with Gasteiger partial charge in [-0.25, -0.2) is 9.59 Å². The van der Waals surface area contributed by atoms with Gasteiger partial charge in [0.05, 0.1) is 14.2 Å². The van der Waals surface area contributed by atoms with E-state index in [1.54, 1.807) is 32.0 Å². The summed E-state index contributed by atoms with van der Waals surface area (Å²) in [6, 6.07) is 4.36. The smallest absolute Gasteiger partial charge is 0.331 e. The van der Waals surface area contributed by atoms with Gasteiger partial charge < -0.3 is 19.5 Å². The number of ether oxygens (including phenoxy) is 3. The van der Waals surface area contributed by atoms with E-state index in [2.05, 4.69) is 5.32 Å². The predicted octanol–water partition coefficient (Wildman–Crippen LogP) is 1.49. The molecule has 0 atom stereocenters. The number of rotatable bonds is 7. The molecule has 1 aromatic carbocycles. The number of hydrogen-bond donors (Lipinski definition) is 2. The summed E-state index contributed by atoms with van der Waals surface area (Å²) in [6.45, 7) is 2.95. The number of nitrogens with one attached hydrogen (secondary N) is 2. The maximum absolute atomic E-state index is 11.6. The summed E-state index contributed by atoms with van der Waals surface area (Å²) in [5.74, 6) is -0.340. The van der Waals surface area contributed by atoms with Crippen molar-refractivity contribution in [2.45, 2.75) is 19.9 Å².